The summed E-state index contributed by atoms with van der Waals surface area (Å²) < 4.78 is 67.9. The summed E-state index contributed by atoms with van der Waals surface area (Å²) in [7, 11) is -9.89. The fourth-order valence-corrected chi connectivity index (χ4v) is 11.0. The molecule has 3 unspecified atom stereocenters. The van der Waals surface area contributed by atoms with E-state index in [1.165, 1.54) is 103 Å². The van der Waals surface area contributed by atoms with E-state index in [0.29, 0.717) is 37.5 Å². The molecular formula is C64H124O17P2. The van der Waals surface area contributed by atoms with Crippen LogP contribution in [0.4, 0.5) is 0 Å². The first-order valence-corrected chi connectivity index (χ1v) is 36.2. The van der Waals surface area contributed by atoms with Crippen LogP contribution in [0.1, 0.15) is 306 Å². The largest absolute Gasteiger partial charge is 0.472 e. The highest BCUT2D eigenvalue weighted by Gasteiger charge is 2.30. The molecule has 17 nitrogen and oxygen atoms in total. The van der Waals surface area contributed by atoms with E-state index in [9.17, 15) is 43.2 Å². The van der Waals surface area contributed by atoms with Crippen molar-refractivity contribution in [2.45, 2.75) is 324 Å². The molecule has 3 N–H and O–H groups in total. The molecule has 6 atom stereocenters. The Bertz CT molecular complexity index is 1660. The molecule has 0 aromatic carbocycles. The van der Waals surface area contributed by atoms with E-state index in [1.54, 1.807) is 0 Å². The van der Waals surface area contributed by atoms with Gasteiger partial charge in [0, 0.05) is 25.7 Å². The number of esters is 4. The van der Waals surface area contributed by atoms with Crippen LogP contribution in [0.3, 0.4) is 0 Å². The number of aliphatic hydroxyl groups is 1. The van der Waals surface area contributed by atoms with Crippen molar-refractivity contribution in [3.63, 3.8) is 0 Å². The molecule has 0 aliphatic carbocycles. The van der Waals surface area contributed by atoms with Crippen molar-refractivity contribution in [3.05, 3.63) is 0 Å². The highest BCUT2D eigenvalue weighted by Crippen LogP contribution is 2.45. The highest BCUT2D eigenvalue weighted by molar-refractivity contribution is 7.47. The number of unbranched alkanes of at least 4 members (excludes halogenated alkanes) is 26. The van der Waals surface area contributed by atoms with E-state index in [0.717, 1.165) is 108 Å². The second-order valence-corrected chi connectivity index (χ2v) is 27.7. The van der Waals surface area contributed by atoms with Gasteiger partial charge in [-0.3, -0.25) is 37.3 Å². The fourth-order valence-electron chi connectivity index (χ4n) is 9.40. The van der Waals surface area contributed by atoms with E-state index < -0.39 is 97.5 Å². The number of ether oxygens (including phenoxy) is 4. The topological polar surface area (TPSA) is 237 Å². The summed E-state index contributed by atoms with van der Waals surface area (Å²) in [4.78, 5) is 72.2. The van der Waals surface area contributed by atoms with Gasteiger partial charge in [-0.25, -0.2) is 9.13 Å². The summed E-state index contributed by atoms with van der Waals surface area (Å²) in [6.45, 7) is 13.9. The minimum atomic E-state index is -4.94. The Labute approximate surface area is 505 Å². The third kappa shape index (κ3) is 57.6. The second kappa shape index (κ2) is 54.2. The van der Waals surface area contributed by atoms with Gasteiger partial charge < -0.3 is 33.8 Å². The van der Waals surface area contributed by atoms with E-state index in [2.05, 4.69) is 55.4 Å². The maximum Gasteiger partial charge on any atom is 0.472 e. The van der Waals surface area contributed by atoms with Crippen molar-refractivity contribution in [3.8, 4) is 0 Å². The molecule has 0 heterocycles. The minimum absolute atomic E-state index is 0.101. The van der Waals surface area contributed by atoms with E-state index in [-0.39, 0.29) is 25.7 Å². The second-order valence-electron chi connectivity index (χ2n) is 24.8. The zero-order valence-corrected chi connectivity index (χ0v) is 55.6. The lowest BCUT2D eigenvalue weighted by Gasteiger charge is -2.21. The fraction of sp³-hybridized carbons (Fsp3) is 0.938. The molecule has 83 heavy (non-hydrogen) atoms. The van der Waals surface area contributed by atoms with Gasteiger partial charge in [0.2, 0.25) is 0 Å². The lowest BCUT2D eigenvalue weighted by molar-refractivity contribution is -0.161. The summed E-state index contributed by atoms with van der Waals surface area (Å²) >= 11 is 0. The van der Waals surface area contributed by atoms with Gasteiger partial charge in [0.05, 0.1) is 26.4 Å². The Morgan fingerprint density at radius 1 is 0.337 bits per heavy atom. The van der Waals surface area contributed by atoms with Gasteiger partial charge in [-0.05, 0) is 49.4 Å². The summed E-state index contributed by atoms with van der Waals surface area (Å²) in [5.74, 6) is 0.734. The first-order chi connectivity index (χ1) is 39.6. The third-order valence-electron chi connectivity index (χ3n) is 14.9. The van der Waals surface area contributed by atoms with E-state index in [1.807, 2.05) is 0 Å². The first kappa shape index (κ1) is 81.1. The van der Waals surface area contributed by atoms with Crippen LogP contribution in [0.2, 0.25) is 0 Å². The Morgan fingerprint density at radius 2 is 0.578 bits per heavy atom. The predicted octanol–water partition coefficient (Wildman–Crippen LogP) is 17.4. The molecule has 0 aliphatic heterocycles. The zero-order chi connectivity index (χ0) is 61.8. The maximum atomic E-state index is 13.0. The van der Waals surface area contributed by atoms with Gasteiger partial charge in [0.1, 0.15) is 19.3 Å². The molecule has 0 saturated heterocycles. The Hall–Kier alpha value is -1.94. The summed E-state index contributed by atoms with van der Waals surface area (Å²) in [6.07, 6.45) is 33.7. The van der Waals surface area contributed by atoms with Gasteiger partial charge >= 0.3 is 39.5 Å². The van der Waals surface area contributed by atoms with E-state index >= 15 is 0 Å². The molecule has 0 saturated carbocycles. The Morgan fingerprint density at radius 3 is 0.855 bits per heavy atom. The molecule has 0 aromatic heterocycles. The molecule has 492 valence electrons. The molecule has 0 radical (unpaired) electrons. The van der Waals surface area contributed by atoms with Crippen LogP contribution in [0.15, 0.2) is 0 Å². The van der Waals surface area contributed by atoms with E-state index in [4.69, 9.17) is 37.0 Å². The van der Waals surface area contributed by atoms with Crippen molar-refractivity contribution in [2.24, 2.45) is 23.7 Å². The number of carbonyl (C=O) groups excluding carboxylic acids is 4. The Kier molecular flexibility index (Phi) is 53.0. The molecule has 0 aliphatic rings. The molecule has 0 amide bonds. The number of aliphatic hydroxyl groups excluding tert-OH is 1. The number of phosphoric ester groups is 2. The average Bonchev–Trinajstić information content (AvgIpc) is 3.43. The maximum absolute atomic E-state index is 13.0. The molecule has 19 heteroatoms. The van der Waals surface area contributed by atoms with Crippen molar-refractivity contribution in [1.29, 1.82) is 0 Å². The number of carbonyl (C=O) groups is 4. The molecule has 0 bridgehead atoms. The number of phosphoric acid groups is 2. The van der Waals surface area contributed by atoms with Crippen LogP contribution >= 0.6 is 15.6 Å². The first-order valence-electron chi connectivity index (χ1n) is 33.2. The summed E-state index contributed by atoms with van der Waals surface area (Å²) in [5, 5.41) is 10.5. The molecule has 0 rings (SSSR count). The van der Waals surface area contributed by atoms with Crippen LogP contribution in [0.5, 0.6) is 0 Å². The quantitative estimate of drug-likeness (QED) is 0.0222. The zero-order valence-electron chi connectivity index (χ0n) is 53.8. The van der Waals surface area contributed by atoms with Gasteiger partial charge in [-0.15, -0.1) is 0 Å². The average molecular weight is 1230 g/mol. The lowest BCUT2D eigenvalue weighted by Crippen LogP contribution is -2.30. The number of hydrogen-bond donors (Lipinski definition) is 3. The van der Waals surface area contributed by atoms with Crippen LogP contribution in [0, 0.1) is 23.7 Å². The van der Waals surface area contributed by atoms with Gasteiger partial charge in [0.25, 0.3) is 0 Å². The monoisotopic (exact) mass is 1230 g/mol. The Balaban J connectivity index is 5.24. The lowest BCUT2D eigenvalue weighted by atomic mass is 9.99. The number of rotatable bonds is 61. The molecular weight excluding hydrogens is 1100 g/mol. The molecule has 0 spiro atoms. The smallest absolute Gasteiger partial charge is 0.462 e. The number of hydrogen-bond acceptors (Lipinski definition) is 15. The van der Waals surface area contributed by atoms with Crippen LogP contribution < -0.4 is 0 Å². The molecule has 0 fully saturated rings. The van der Waals surface area contributed by atoms with Gasteiger partial charge in [-0.1, -0.05) is 254 Å². The van der Waals surface area contributed by atoms with Crippen LogP contribution in [0.25, 0.3) is 0 Å². The summed E-state index contributed by atoms with van der Waals surface area (Å²) in [5.41, 5.74) is 0. The van der Waals surface area contributed by atoms with Crippen LogP contribution in [-0.2, 0) is 65.4 Å². The van der Waals surface area contributed by atoms with Gasteiger partial charge in [-0.2, -0.15) is 0 Å². The highest BCUT2D eigenvalue weighted by atomic mass is 31.2. The predicted molar refractivity (Wildman–Crippen MR) is 331 cm³/mol. The normalized spacial score (nSPS) is 14.8. The van der Waals surface area contributed by atoms with Gasteiger partial charge in [0.15, 0.2) is 12.2 Å². The van der Waals surface area contributed by atoms with Crippen molar-refractivity contribution >= 4 is 39.5 Å². The standard InChI is InChI=1S/C64H124O17P2/c1-9-57(8)43-35-27-17-14-15-18-28-36-44-61(66)74-50-60(81-64(69)47-39-31-23-21-26-34-42-56(6)7)53-79-83(72,73)77-49-58(65)48-76-82(70,71)78-52-59(51-75-62(67)45-37-29-22-20-25-33-41-55(4)5)80-63(68)46-38-30-19-13-11-10-12-16-24-32-40-54(2)3/h54-60,65H,9-53H2,1-8H3,(H,70,71)(H,72,73)/t57?,58-,59+,60+/m0/s1. The summed E-state index contributed by atoms with van der Waals surface area (Å²) in [6, 6.07) is 0. The van der Waals surface area contributed by atoms with Crippen molar-refractivity contribution in [2.75, 3.05) is 39.6 Å². The minimum Gasteiger partial charge on any atom is -0.462 e. The van der Waals surface area contributed by atoms with Crippen LogP contribution in [-0.4, -0.2) is 96.7 Å². The SMILES string of the molecule is CCC(C)CCCCCCCCCCC(=O)OC[C@H](COP(=O)(O)OC[C@@H](O)COP(=O)(O)OC[C@@H](COC(=O)CCCCCCCCC(C)C)OC(=O)CCCCCCCCCCCCC(C)C)OC(=O)CCCCCCCCC(C)C. The molecule has 0 aromatic rings. The van der Waals surface area contributed by atoms with Crippen molar-refractivity contribution in [1.82, 2.24) is 0 Å². The third-order valence-corrected chi connectivity index (χ3v) is 16.8. The van der Waals surface area contributed by atoms with Crippen molar-refractivity contribution < 1.29 is 80.2 Å².